The van der Waals surface area contributed by atoms with E-state index in [0.717, 1.165) is 28.0 Å². The Bertz CT molecular complexity index is 649. The molecule has 0 saturated heterocycles. The number of halogens is 3. The van der Waals surface area contributed by atoms with Crippen molar-refractivity contribution >= 4 is 22.4 Å². The first-order valence-corrected chi connectivity index (χ1v) is 6.56. The molecule has 0 radical (unpaired) electrons. The number of benzene rings is 1. The van der Waals surface area contributed by atoms with Crippen LogP contribution in [0, 0.1) is 13.8 Å². The van der Waals surface area contributed by atoms with Crippen molar-refractivity contribution in [3.05, 3.63) is 34.7 Å². The Hall–Kier alpha value is -1.89. The summed E-state index contributed by atoms with van der Waals surface area (Å²) in [5.41, 5.74) is 3.39. The number of amides is 1. The monoisotopic (exact) mass is 300 g/mol. The molecule has 1 aromatic carbocycles. The van der Waals surface area contributed by atoms with Crippen LogP contribution in [0.4, 0.5) is 18.3 Å². The van der Waals surface area contributed by atoms with Crippen molar-refractivity contribution < 1.29 is 18.0 Å². The predicted octanol–water partition coefficient (Wildman–Crippen LogP) is 3.93. The zero-order chi connectivity index (χ0) is 14.9. The minimum atomic E-state index is -4.91. The van der Waals surface area contributed by atoms with Crippen LogP contribution in [0.15, 0.2) is 23.6 Å². The number of hydrogen-bond acceptors (Lipinski definition) is 3. The SMILES string of the molecule is Cc1ccc(C)c(-c2csc(NC(=O)C(F)(F)F)n2)c1. The van der Waals surface area contributed by atoms with Crippen LogP contribution in [0.5, 0.6) is 0 Å². The van der Waals surface area contributed by atoms with Crippen molar-refractivity contribution in [3.63, 3.8) is 0 Å². The van der Waals surface area contributed by atoms with Crippen LogP contribution in [-0.2, 0) is 4.79 Å². The molecule has 0 saturated carbocycles. The quantitative estimate of drug-likeness (QED) is 0.913. The second kappa shape index (κ2) is 5.24. The predicted molar refractivity (Wildman–Crippen MR) is 71.7 cm³/mol. The highest BCUT2D eigenvalue weighted by atomic mass is 32.1. The molecule has 0 unspecified atom stereocenters. The zero-order valence-electron chi connectivity index (χ0n) is 10.7. The van der Waals surface area contributed by atoms with E-state index < -0.39 is 12.1 Å². The lowest BCUT2D eigenvalue weighted by Gasteiger charge is -2.05. The molecular weight excluding hydrogens is 289 g/mol. The number of aryl methyl sites for hydroxylation is 2. The third-order valence-corrected chi connectivity index (χ3v) is 3.41. The Balaban J connectivity index is 2.25. The molecule has 0 spiro atoms. The van der Waals surface area contributed by atoms with Crippen LogP contribution in [0.25, 0.3) is 11.3 Å². The normalized spacial score (nSPS) is 11.4. The average Bonchev–Trinajstić information content (AvgIpc) is 2.79. The van der Waals surface area contributed by atoms with Gasteiger partial charge in [0.25, 0.3) is 0 Å². The topological polar surface area (TPSA) is 42.0 Å². The Morgan fingerprint density at radius 3 is 2.65 bits per heavy atom. The van der Waals surface area contributed by atoms with Crippen molar-refractivity contribution in [2.45, 2.75) is 20.0 Å². The zero-order valence-corrected chi connectivity index (χ0v) is 11.5. The van der Waals surface area contributed by atoms with Gasteiger partial charge in [0.15, 0.2) is 5.13 Å². The van der Waals surface area contributed by atoms with Gasteiger partial charge in [-0.1, -0.05) is 17.7 Å². The number of carbonyl (C=O) groups excluding carboxylic acids is 1. The largest absolute Gasteiger partial charge is 0.471 e. The molecule has 0 atom stereocenters. The number of hydrogen-bond donors (Lipinski definition) is 1. The maximum absolute atomic E-state index is 12.1. The van der Waals surface area contributed by atoms with Gasteiger partial charge >= 0.3 is 12.1 Å². The summed E-state index contributed by atoms with van der Waals surface area (Å²) in [5, 5.41) is 3.30. The van der Waals surface area contributed by atoms with E-state index >= 15 is 0 Å². The molecule has 0 bridgehead atoms. The van der Waals surface area contributed by atoms with E-state index in [-0.39, 0.29) is 5.13 Å². The van der Waals surface area contributed by atoms with E-state index in [1.165, 1.54) is 0 Å². The van der Waals surface area contributed by atoms with Crippen molar-refractivity contribution in [1.82, 2.24) is 4.98 Å². The molecule has 1 N–H and O–H groups in total. The molecule has 2 aromatic rings. The van der Waals surface area contributed by atoms with E-state index in [1.54, 1.807) is 10.7 Å². The fourth-order valence-electron chi connectivity index (χ4n) is 1.63. The molecule has 7 heteroatoms. The van der Waals surface area contributed by atoms with Crippen molar-refractivity contribution in [2.75, 3.05) is 5.32 Å². The molecule has 0 fully saturated rings. The van der Waals surface area contributed by atoms with Gasteiger partial charge in [0.05, 0.1) is 5.69 Å². The molecule has 20 heavy (non-hydrogen) atoms. The van der Waals surface area contributed by atoms with Crippen LogP contribution >= 0.6 is 11.3 Å². The summed E-state index contributed by atoms with van der Waals surface area (Å²) < 4.78 is 36.4. The van der Waals surface area contributed by atoms with Gasteiger partial charge in [0, 0.05) is 10.9 Å². The summed E-state index contributed by atoms with van der Waals surface area (Å²) in [4.78, 5) is 14.9. The van der Waals surface area contributed by atoms with Gasteiger partial charge in [-0.05, 0) is 25.5 Å². The first kappa shape index (κ1) is 14.5. The smallest absolute Gasteiger partial charge is 0.294 e. The van der Waals surface area contributed by atoms with E-state index in [1.807, 2.05) is 32.0 Å². The number of alkyl halides is 3. The van der Waals surface area contributed by atoms with Crippen LogP contribution < -0.4 is 5.32 Å². The second-order valence-corrected chi connectivity index (χ2v) is 5.17. The molecule has 0 aliphatic heterocycles. The summed E-state index contributed by atoms with van der Waals surface area (Å²) in [6.07, 6.45) is -4.91. The summed E-state index contributed by atoms with van der Waals surface area (Å²) in [6, 6.07) is 5.76. The highest BCUT2D eigenvalue weighted by Gasteiger charge is 2.39. The molecule has 1 heterocycles. The molecule has 2 rings (SSSR count). The number of aromatic nitrogens is 1. The Morgan fingerprint density at radius 1 is 1.30 bits per heavy atom. The van der Waals surface area contributed by atoms with Crippen LogP contribution in [0.3, 0.4) is 0 Å². The lowest BCUT2D eigenvalue weighted by atomic mass is 10.0. The van der Waals surface area contributed by atoms with Crippen molar-refractivity contribution in [1.29, 1.82) is 0 Å². The van der Waals surface area contributed by atoms with Gasteiger partial charge < -0.3 is 0 Å². The van der Waals surface area contributed by atoms with E-state index in [9.17, 15) is 18.0 Å². The van der Waals surface area contributed by atoms with Gasteiger partial charge in [0.2, 0.25) is 0 Å². The molecule has 106 valence electrons. The maximum Gasteiger partial charge on any atom is 0.471 e. The van der Waals surface area contributed by atoms with Crippen molar-refractivity contribution in [3.8, 4) is 11.3 Å². The third kappa shape index (κ3) is 3.16. The Morgan fingerprint density at radius 2 is 2.00 bits per heavy atom. The fourth-order valence-corrected chi connectivity index (χ4v) is 2.34. The van der Waals surface area contributed by atoms with Gasteiger partial charge in [-0.15, -0.1) is 11.3 Å². The molecule has 0 aliphatic rings. The van der Waals surface area contributed by atoms with Gasteiger partial charge in [-0.25, -0.2) is 4.98 Å². The summed E-state index contributed by atoms with van der Waals surface area (Å²) in [6.45, 7) is 3.81. The number of thiazole rings is 1. The van der Waals surface area contributed by atoms with Crippen LogP contribution in [-0.4, -0.2) is 17.1 Å². The standard InChI is InChI=1S/C13H11F3N2OS/c1-7-3-4-8(2)9(5-7)10-6-20-12(17-10)18-11(19)13(14,15)16/h3-6H,1-2H3,(H,17,18,19). The highest BCUT2D eigenvalue weighted by molar-refractivity contribution is 7.14. The average molecular weight is 300 g/mol. The molecule has 1 aromatic heterocycles. The van der Waals surface area contributed by atoms with E-state index in [2.05, 4.69) is 4.98 Å². The molecule has 1 amide bonds. The Labute approximate surface area is 117 Å². The number of nitrogens with zero attached hydrogens (tertiary/aromatic N) is 1. The first-order chi connectivity index (χ1) is 9.27. The second-order valence-electron chi connectivity index (χ2n) is 4.31. The summed E-state index contributed by atoms with van der Waals surface area (Å²) in [7, 11) is 0. The lowest BCUT2D eigenvalue weighted by molar-refractivity contribution is -0.167. The van der Waals surface area contributed by atoms with Gasteiger partial charge in [0.1, 0.15) is 0 Å². The van der Waals surface area contributed by atoms with E-state index in [0.29, 0.717) is 5.69 Å². The lowest BCUT2D eigenvalue weighted by Crippen LogP contribution is -2.29. The van der Waals surface area contributed by atoms with Crippen LogP contribution in [0.1, 0.15) is 11.1 Å². The molecule has 3 nitrogen and oxygen atoms in total. The van der Waals surface area contributed by atoms with Crippen LogP contribution in [0.2, 0.25) is 0 Å². The Kier molecular flexibility index (Phi) is 3.80. The molecule has 0 aliphatic carbocycles. The fraction of sp³-hybridized carbons (Fsp3) is 0.231. The number of rotatable bonds is 2. The minimum absolute atomic E-state index is 0.0665. The number of anilines is 1. The van der Waals surface area contributed by atoms with E-state index in [4.69, 9.17) is 0 Å². The summed E-state index contributed by atoms with van der Waals surface area (Å²) in [5.74, 6) is -2.01. The molecular formula is C13H11F3N2OS. The number of carbonyl (C=O) groups is 1. The highest BCUT2D eigenvalue weighted by Crippen LogP contribution is 2.29. The number of nitrogens with one attached hydrogen (secondary N) is 1. The maximum atomic E-state index is 12.1. The van der Waals surface area contributed by atoms with Gasteiger partial charge in [-0.3, -0.25) is 10.1 Å². The minimum Gasteiger partial charge on any atom is -0.294 e. The summed E-state index contributed by atoms with van der Waals surface area (Å²) >= 11 is 0.960. The third-order valence-electron chi connectivity index (χ3n) is 2.65. The van der Waals surface area contributed by atoms with Gasteiger partial charge in [-0.2, -0.15) is 13.2 Å². The first-order valence-electron chi connectivity index (χ1n) is 5.68. The van der Waals surface area contributed by atoms with Crippen molar-refractivity contribution in [2.24, 2.45) is 0 Å².